The van der Waals surface area contributed by atoms with E-state index < -0.39 is 0 Å². The number of carbonyl (C=O) groups is 1. The van der Waals surface area contributed by atoms with Crippen molar-refractivity contribution in [1.29, 1.82) is 0 Å². The average Bonchev–Trinajstić information content (AvgIpc) is 2.86. The van der Waals surface area contributed by atoms with Crippen LogP contribution in [0.1, 0.15) is 56.6 Å². The van der Waals surface area contributed by atoms with Gasteiger partial charge in [-0.2, -0.15) is 0 Å². The van der Waals surface area contributed by atoms with Crippen molar-refractivity contribution in [3.8, 4) is 5.75 Å². The lowest BCUT2D eigenvalue weighted by atomic mass is 9.55. The number of rotatable bonds is 2. The molecule has 0 heterocycles. The van der Waals surface area contributed by atoms with Crippen LogP contribution in [-0.2, 0) is 16.0 Å². The van der Waals surface area contributed by atoms with Crippen molar-refractivity contribution in [2.75, 3.05) is 5.33 Å². The molecule has 4 rings (SSSR count). The summed E-state index contributed by atoms with van der Waals surface area (Å²) >= 11 is 3.67. The Hall–Kier alpha value is -1.03. The zero-order chi connectivity index (χ0) is 17.8. The maximum atomic E-state index is 11.7. The summed E-state index contributed by atoms with van der Waals surface area (Å²) in [4.78, 5) is 11.7. The van der Waals surface area contributed by atoms with Gasteiger partial charge < -0.3 is 9.84 Å². The van der Waals surface area contributed by atoms with Gasteiger partial charge >= 0.3 is 5.97 Å². The van der Waals surface area contributed by atoms with Crippen LogP contribution in [0.4, 0.5) is 0 Å². The van der Waals surface area contributed by atoms with Crippen LogP contribution >= 0.6 is 15.9 Å². The van der Waals surface area contributed by atoms with Crippen LogP contribution in [0, 0.1) is 23.2 Å². The highest BCUT2D eigenvalue weighted by Crippen LogP contribution is 2.63. The molecule has 2 saturated carbocycles. The molecule has 4 heteroatoms. The largest absolute Gasteiger partial charge is 0.508 e. The van der Waals surface area contributed by atoms with Gasteiger partial charge in [0.25, 0.3) is 0 Å². The number of alkyl halides is 1. The number of fused-ring (bicyclic) bond motifs is 5. The smallest absolute Gasteiger partial charge is 0.302 e. The fourth-order valence-electron chi connectivity index (χ4n) is 6.26. The molecule has 0 amide bonds. The third kappa shape index (κ3) is 2.72. The van der Waals surface area contributed by atoms with Crippen molar-refractivity contribution in [1.82, 2.24) is 0 Å². The highest BCUT2D eigenvalue weighted by molar-refractivity contribution is 9.09. The lowest BCUT2D eigenvalue weighted by Crippen LogP contribution is -2.46. The first kappa shape index (κ1) is 17.4. The summed E-state index contributed by atoms with van der Waals surface area (Å²) in [6.07, 6.45) is 5.69. The summed E-state index contributed by atoms with van der Waals surface area (Å²) in [6, 6.07) is 5.94. The molecule has 0 radical (unpaired) electrons. The molecule has 3 aliphatic rings. The molecule has 0 aliphatic heterocycles. The number of phenolic OH excluding ortho intramolecular Hbond substituents is 1. The monoisotopic (exact) mass is 406 g/mol. The van der Waals surface area contributed by atoms with Crippen LogP contribution in [-0.4, -0.2) is 22.5 Å². The predicted octanol–water partition coefficient (Wildman–Crippen LogP) is 4.80. The maximum absolute atomic E-state index is 11.7. The molecular weight excluding hydrogens is 380 g/mol. The Morgan fingerprint density at radius 2 is 2.20 bits per heavy atom. The highest BCUT2D eigenvalue weighted by Gasteiger charge is 2.59. The molecule has 6 atom stereocenters. The van der Waals surface area contributed by atoms with Gasteiger partial charge in [-0.1, -0.05) is 28.9 Å². The van der Waals surface area contributed by atoms with Gasteiger partial charge in [-0.3, -0.25) is 4.79 Å². The van der Waals surface area contributed by atoms with E-state index in [0.717, 1.165) is 31.0 Å². The number of benzene rings is 1. The van der Waals surface area contributed by atoms with E-state index in [4.69, 9.17) is 4.74 Å². The number of hydrogen-bond acceptors (Lipinski definition) is 3. The Bertz CT molecular complexity index is 688. The minimum atomic E-state index is -0.149. The van der Waals surface area contributed by atoms with Gasteiger partial charge in [0.2, 0.25) is 0 Å². The van der Waals surface area contributed by atoms with Gasteiger partial charge in [0.05, 0.1) is 0 Å². The van der Waals surface area contributed by atoms with Crippen molar-refractivity contribution in [2.45, 2.75) is 58.0 Å². The second-order valence-corrected chi connectivity index (χ2v) is 9.17. The van der Waals surface area contributed by atoms with Gasteiger partial charge in [-0.05, 0) is 73.1 Å². The summed E-state index contributed by atoms with van der Waals surface area (Å²) in [5.41, 5.74) is 2.87. The van der Waals surface area contributed by atoms with E-state index in [1.165, 1.54) is 24.5 Å². The van der Waals surface area contributed by atoms with E-state index in [1.54, 1.807) is 0 Å². The van der Waals surface area contributed by atoms with E-state index in [1.807, 2.05) is 12.1 Å². The SMILES string of the molecule is CC(=O)OC1C(CBr)CC2C3CCc4cc(O)ccc4C3CC[C@@]21C. The molecular formula is C21H27BrO3. The molecule has 0 spiro atoms. The lowest BCUT2D eigenvalue weighted by molar-refractivity contribution is -0.157. The van der Waals surface area contributed by atoms with Gasteiger partial charge in [0.1, 0.15) is 11.9 Å². The quantitative estimate of drug-likeness (QED) is 0.566. The molecule has 1 aromatic carbocycles. The van der Waals surface area contributed by atoms with E-state index in [9.17, 15) is 9.90 Å². The summed E-state index contributed by atoms with van der Waals surface area (Å²) in [7, 11) is 0. The van der Waals surface area contributed by atoms with Crippen LogP contribution in [0.5, 0.6) is 5.75 Å². The molecule has 5 unspecified atom stereocenters. The highest BCUT2D eigenvalue weighted by atomic mass is 79.9. The average molecular weight is 407 g/mol. The maximum Gasteiger partial charge on any atom is 0.302 e. The van der Waals surface area contributed by atoms with E-state index >= 15 is 0 Å². The van der Waals surface area contributed by atoms with Gasteiger partial charge in [-0.15, -0.1) is 0 Å². The molecule has 136 valence electrons. The van der Waals surface area contributed by atoms with Crippen LogP contribution in [0.3, 0.4) is 0 Å². The Kier molecular flexibility index (Phi) is 4.38. The molecule has 1 aromatic rings. The van der Waals surface area contributed by atoms with Crippen LogP contribution in [0.25, 0.3) is 0 Å². The minimum absolute atomic E-state index is 0.0385. The number of halogens is 1. The summed E-state index contributed by atoms with van der Waals surface area (Å²) in [6.45, 7) is 3.90. The van der Waals surface area contributed by atoms with Crippen molar-refractivity contribution in [3.05, 3.63) is 29.3 Å². The van der Waals surface area contributed by atoms with E-state index in [-0.39, 0.29) is 17.5 Å². The number of phenols is 1. The standard InChI is InChI=1S/C21H27BrO3/c1-12(23)25-20-14(11-22)10-19-18-5-3-13-9-15(24)4-6-16(13)17(18)7-8-21(19,20)2/h4,6,9,14,17-20,24H,3,5,7-8,10-11H2,1-2H3/t14?,17?,18?,19?,20?,21-/m0/s1. The van der Waals surface area contributed by atoms with Gasteiger partial charge in [-0.25, -0.2) is 0 Å². The first-order valence-corrected chi connectivity index (χ1v) is 10.6. The lowest BCUT2D eigenvalue weighted by Gasteiger charge is -2.50. The second-order valence-electron chi connectivity index (χ2n) is 8.52. The van der Waals surface area contributed by atoms with Crippen LogP contribution in [0.15, 0.2) is 18.2 Å². The molecule has 25 heavy (non-hydrogen) atoms. The molecule has 3 nitrogen and oxygen atoms in total. The Morgan fingerprint density at radius 3 is 2.92 bits per heavy atom. The molecule has 0 aromatic heterocycles. The fourth-order valence-corrected chi connectivity index (χ4v) is 6.86. The van der Waals surface area contributed by atoms with Crippen LogP contribution < -0.4 is 0 Å². The molecule has 0 bridgehead atoms. The minimum Gasteiger partial charge on any atom is -0.508 e. The van der Waals surface area contributed by atoms with E-state index in [2.05, 4.69) is 28.9 Å². The first-order chi connectivity index (χ1) is 11.9. The zero-order valence-corrected chi connectivity index (χ0v) is 16.6. The van der Waals surface area contributed by atoms with Gasteiger partial charge in [0, 0.05) is 23.6 Å². The normalized spacial score (nSPS) is 39.2. The van der Waals surface area contributed by atoms with Crippen molar-refractivity contribution < 1.29 is 14.6 Å². The predicted molar refractivity (Wildman–Crippen MR) is 101 cm³/mol. The van der Waals surface area contributed by atoms with Crippen molar-refractivity contribution in [2.24, 2.45) is 23.2 Å². The summed E-state index contributed by atoms with van der Waals surface area (Å²) < 4.78 is 5.85. The summed E-state index contributed by atoms with van der Waals surface area (Å²) in [5.74, 6) is 2.52. The number of carbonyl (C=O) groups excluding carboxylic acids is 1. The number of aromatic hydroxyl groups is 1. The van der Waals surface area contributed by atoms with E-state index in [0.29, 0.717) is 29.4 Å². The first-order valence-electron chi connectivity index (χ1n) is 9.49. The number of hydrogen-bond donors (Lipinski definition) is 1. The Morgan fingerprint density at radius 1 is 1.40 bits per heavy atom. The molecule has 3 aliphatic carbocycles. The zero-order valence-electron chi connectivity index (χ0n) is 15.0. The van der Waals surface area contributed by atoms with Gasteiger partial charge in [0.15, 0.2) is 0 Å². The molecule has 1 N–H and O–H groups in total. The topological polar surface area (TPSA) is 46.5 Å². The molecule has 2 fully saturated rings. The third-order valence-corrected chi connectivity index (χ3v) is 8.11. The van der Waals surface area contributed by atoms with Crippen molar-refractivity contribution in [3.63, 3.8) is 0 Å². The number of ether oxygens (including phenoxy) is 1. The third-order valence-electron chi connectivity index (χ3n) is 7.27. The summed E-state index contributed by atoms with van der Waals surface area (Å²) in [5, 5.41) is 10.7. The Labute approximate surface area is 158 Å². The van der Waals surface area contributed by atoms with Crippen LogP contribution in [0.2, 0.25) is 0 Å². The molecule has 0 saturated heterocycles. The Balaban J connectivity index is 1.67. The second kappa shape index (κ2) is 6.29. The number of aryl methyl sites for hydroxylation is 1. The van der Waals surface area contributed by atoms with Crippen molar-refractivity contribution >= 4 is 21.9 Å². The fraction of sp³-hybridized carbons (Fsp3) is 0.667. The number of esters is 1.